The highest BCUT2D eigenvalue weighted by molar-refractivity contribution is 7.88. The number of anilines is 1. The maximum atomic E-state index is 12.8. The Hall–Kier alpha value is -2.71. The highest BCUT2D eigenvalue weighted by Gasteiger charge is 2.31. The molecule has 1 amide bonds. The molecule has 0 saturated carbocycles. The van der Waals surface area contributed by atoms with E-state index in [1.54, 1.807) is 25.1 Å². The van der Waals surface area contributed by atoms with Gasteiger partial charge in [-0.1, -0.05) is 35.9 Å². The Morgan fingerprint density at radius 3 is 2.32 bits per heavy atom. The zero-order valence-electron chi connectivity index (χ0n) is 18.1. The monoisotopic (exact) mass is 444 g/mol. The second-order valence-corrected chi connectivity index (χ2v) is 9.84. The second kappa shape index (κ2) is 9.62. The molecule has 0 aliphatic carbocycles. The van der Waals surface area contributed by atoms with Crippen molar-refractivity contribution in [1.82, 2.24) is 4.31 Å². The summed E-state index contributed by atoms with van der Waals surface area (Å²) in [5, 5.41) is 2.88. The number of nitrogens with one attached hydrogen (secondary N) is 1. The van der Waals surface area contributed by atoms with Crippen molar-refractivity contribution in [3.8, 4) is 0 Å². The second-order valence-electron chi connectivity index (χ2n) is 7.87. The number of nitrogens with zero attached hydrogens (tertiary/aromatic N) is 1. The molecule has 2 aromatic rings. The molecule has 3 rings (SSSR count). The van der Waals surface area contributed by atoms with Gasteiger partial charge in [0.25, 0.3) is 0 Å². The third kappa shape index (κ3) is 5.51. The van der Waals surface area contributed by atoms with Crippen LogP contribution in [0.25, 0.3) is 0 Å². The van der Waals surface area contributed by atoms with Gasteiger partial charge in [0.2, 0.25) is 15.9 Å². The van der Waals surface area contributed by atoms with E-state index in [0.717, 1.165) is 11.1 Å². The first-order valence-corrected chi connectivity index (χ1v) is 11.8. The molecule has 0 aromatic heterocycles. The number of hydrogen-bond acceptors (Lipinski definition) is 5. The van der Waals surface area contributed by atoms with Crippen molar-refractivity contribution in [2.24, 2.45) is 5.92 Å². The number of ether oxygens (including phenoxy) is 1. The van der Waals surface area contributed by atoms with E-state index in [1.807, 2.05) is 31.2 Å². The van der Waals surface area contributed by atoms with E-state index in [0.29, 0.717) is 42.7 Å². The summed E-state index contributed by atoms with van der Waals surface area (Å²) >= 11 is 0. The number of methoxy groups -OCH3 is 1. The quantitative estimate of drug-likeness (QED) is 0.691. The third-order valence-electron chi connectivity index (χ3n) is 5.68. The maximum absolute atomic E-state index is 12.8. The molecule has 0 radical (unpaired) electrons. The Morgan fingerprint density at radius 2 is 1.71 bits per heavy atom. The zero-order valence-corrected chi connectivity index (χ0v) is 18.9. The van der Waals surface area contributed by atoms with Gasteiger partial charge in [-0.05, 0) is 49.9 Å². The van der Waals surface area contributed by atoms with Gasteiger partial charge in [-0.25, -0.2) is 17.5 Å². The van der Waals surface area contributed by atoms with Crippen LogP contribution in [-0.4, -0.2) is 44.8 Å². The van der Waals surface area contributed by atoms with Crippen LogP contribution in [0.1, 0.15) is 39.9 Å². The number of hydrogen-bond donors (Lipinski definition) is 1. The Morgan fingerprint density at radius 1 is 1.06 bits per heavy atom. The van der Waals surface area contributed by atoms with Crippen LogP contribution in [0.2, 0.25) is 0 Å². The molecule has 2 aromatic carbocycles. The first kappa shape index (κ1) is 23.0. The number of carbonyl (C=O) groups is 2. The van der Waals surface area contributed by atoms with Crippen LogP contribution in [0.4, 0.5) is 5.69 Å². The summed E-state index contributed by atoms with van der Waals surface area (Å²) < 4.78 is 31.8. The number of amides is 1. The lowest BCUT2D eigenvalue weighted by Crippen LogP contribution is -2.41. The van der Waals surface area contributed by atoms with E-state index in [-0.39, 0.29) is 17.6 Å². The average Bonchev–Trinajstić information content (AvgIpc) is 2.76. The molecule has 1 N–H and O–H groups in total. The molecule has 1 aliphatic rings. The zero-order chi connectivity index (χ0) is 22.6. The van der Waals surface area contributed by atoms with Crippen LogP contribution in [0.5, 0.6) is 0 Å². The Bertz CT molecular complexity index is 1060. The third-order valence-corrected chi connectivity index (χ3v) is 7.53. The van der Waals surface area contributed by atoms with Crippen molar-refractivity contribution in [3.05, 3.63) is 64.7 Å². The van der Waals surface area contributed by atoms with Crippen LogP contribution in [-0.2, 0) is 25.3 Å². The molecular formula is C23H28N2O5S. The number of sulfonamides is 1. The lowest BCUT2D eigenvalue weighted by Gasteiger charge is -2.30. The van der Waals surface area contributed by atoms with Gasteiger partial charge in [0.1, 0.15) is 0 Å². The molecule has 7 nitrogen and oxygen atoms in total. The van der Waals surface area contributed by atoms with Crippen molar-refractivity contribution >= 4 is 27.6 Å². The fourth-order valence-electron chi connectivity index (χ4n) is 3.72. The van der Waals surface area contributed by atoms with Gasteiger partial charge < -0.3 is 10.1 Å². The van der Waals surface area contributed by atoms with Gasteiger partial charge in [0.15, 0.2) is 0 Å². The predicted octanol–water partition coefficient (Wildman–Crippen LogP) is 3.27. The molecular weight excluding hydrogens is 416 g/mol. The lowest BCUT2D eigenvalue weighted by atomic mass is 9.96. The summed E-state index contributed by atoms with van der Waals surface area (Å²) in [6, 6.07) is 12.5. The Balaban J connectivity index is 1.60. The van der Waals surface area contributed by atoms with E-state index >= 15 is 0 Å². The SMILES string of the molecule is COC(=O)c1cccc(NC(=O)C2CCN(S(=O)(=O)Cc3ccc(C)cc3)CC2)c1C. The summed E-state index contributed by atoms with van der Waals surface area (Å²) in [7, 11) is -2.12. The largest absolute Gasteiger partial charge is 0.465 e. The van der Waals surface area contributed by atoms with Gasteiger partial charge >= 0.3 is 5.97 Å². The van der Waals surface area contributed by atoms with E-state index in [9.17, 15) is 18.0 Å². The molecule has 1 saturated heterocycles. The normalized spacial score (nSPS) is 15.5. The van der Waals surface area contributed by atoms with E-state index in [1.165, 1.54) is 11.4 Å². The number of carbonyl (C=O) groups excluding carboxylic acids is 2. The van der Waals surface area contributed by atoms with Crippen molar-refractivity contribution < 1.29 is 22.7 Å². The topological polar surface area (TPSA) is 92.8 Å². The molecule has 0 atom stereocenters. The number of benzene rings is 2. The minimum atomic E-state index is -3.43. The van der Waals surface area contributed by atoms with Crippen LogP contribution in [0, 0.1) is 19.8 Å². The molecule has 0 spiro atoms. The molecule has 8 heteroatoms. The predicted molar refractivity (Wildman–Crippen MR) is 119 cm³/mol. The molecule has 1 aliphatic heterocycles. The average molecular weight is 445 g/mol. The number of piperidine rings is 1. The molecule has 0 unspecified atom stereocenters. The highest BCUT2D eigenvalue weighted by Crippen LogP contribution is 2.25. The summed E-state index contributed by atoms with van der Waals surface area (Å²) in [6.07, 6.45) is 0.906. The first-order chi connectivity index (χ1) is 14.7. The van der Waals surface area contributed by atoms with Crippen molar-refractivity contribution in [1.29, 1.82) is 0 Å². The van der Waals surface area contributed by atoms with Gasteiger partial charge in [-0.2, -0.15) is 0 Å². The molecule has 166 valence electrons. The fourth-order valence-corrected chi connectivity index (χ4v) is 5.28. The van der Waals surface area contributed by atoms with E-state index in [2.05, 4.69) is 5.32 Å². The lowest BCUT2D eigenvalue weighted by molar-refractivity contribution is -0.120. The maximum Gasteiger partial charge on any atom is 0.338 e. The Labute approximate surface area is 183 Å². The van der Waals surface area contributed by atoms with Gasteiger partial charge in [-0.15, -0.1) is 0 Å². The fraction of sp³-hybridized carbons (Fsp3) is 0.391. The number of aryl methyl sites for hydroxylation is 1. The van der Waals surface area contributed by atoms with Crippen LogP contribution < -0.4 is 5.32 Å². The summed E-state index contributed by atoms with van der Waals surface area (Å²) in [5.74, 6) is -0.947. The van der Waals surface area contributed by atoms with Crippen molar-refractivity contribution in [3.63, 3.8) is 0 Å². The van der Waals surface area contributed by atoms with Crippen molar-refractivity contribution in [2.45, 2.75) is 32.4 Å². The number of rotatable bonds is 6. The molecule has 1 heterocycles. The molecule has 31 heavy (non-hydrogen) atoms. The summed E-state index contributed by atoms with van der Waals surface area (Å²) in [5.41, 5.74) is 3.44. The smallest absolute Gasteiger partial charge is 0.338 e. The summed E-state index contributed by atoms with van der Waals surface area (Å²) in [6.45, 7) is 4.34. The van der Waals surface area contributed by atoms with Crippen molar-refractivity contribution in [2.75, 3.05) is 25.5 Å². The van der Waals surface area contributed by atoms with Crippen LogP contribution >= 0.6 is 0 Å². The standard InChI is InChI=1S/C23H28N2O5S/c1-16-7-9-18(10-8-16)15-31(28,29)25-13-11-19(12-14-25)22(26)24-21-6-4-5-20(17(21)2)23(27)30-3/h4-10,19H,11-15H2,1-3H3,(H,24,26). The molecule has 1 fully saturated rings. The molecule has 0 bridgehead atoms. The first-order valence-electron chi connectivity index (χ1n) is 10.2. The van der Waals surface area contributed by atoms with Gasteiger partial charge in [-0.3, -0.25) is 4.79 Å². The summed E-state index contributed by atoms with van der Waals surface area (Å²) in [4.78, 5) is 24.6. The minimum Gasteiger partial charge on any atom is -0.465 e. The number of esters is 1. The van der Waals surface area contributed by atoms with E-state index < -0.39 is 16.0 Å². The highest BCUT2D eigenvalue weighted by atomic mass is 32.2. The van der Waals surface area contributed by atoms with Crippen LogP contribution in [0.15, 0.2) is 42.5 Å². The van der Waals surface area contributed by atoms with Crippen LogP contribution in [0.3, 0.4) is 0 Å². The van der Waals surface area contributed by atoms with Gasteiger partial charge in [0, 0.05) is 24.7 Å². The van der Waals surface area contributed by atoms with E-state index in [4.69, 9.17) is 4.74 Å². The van der Waals surface area contributed by atoms with Gasteiger partial charge in [0.05, 0.1) is 18.4 Å². The minimum absolute atomic E-state index is 0.0380. The Kier molecular flexibility index (Phi) is 7.12.